The zero-order chi connectivity index (χ0) is 12.3. The van der Waals surface area contributed by atoms with Crippen molar-refractivity contribution >= 4 is 5.91 Å². The highest BCUT2D eigenvalue weighted by atomic mass is 19.4. The number of rotatable bonds is 3. The molecule has 0 fully saturated rings. The third kappa shape index (κ3) is 3.78. The Morgan fingerprint density at radius 1 is 1.47 bits per heavy atom. The summed E-state index contributed by atoms with van der Waals surface area (Å²) < 4.78 is 36.0. The molecule has 0 spiro atoms. The van der Waals surface area contributed by atoms with Gasteiger partial charge >= 0.3 is 6.18 Å². The lowest BCUT2D eigenvalue weighted by Crippen LogP contribution is -2.43. The average molecular weight is 222 g/mol. The fourth-order valence-electron chi connectivity index (χ4n) is 1.04. The zero-order valence-corrected chi connectivity index (χ0v) is 8.85. The van der Waals surface area contributed by atoms with E-state index in [9.17, 15) is 18.0 Å². The average Bonchev–Trinajstić information content (AvgIpc) is 2.12. The van der Waals surface area contributed by atoms with Crippen molar-refractivity contribution in [3.63, 3.8) is 0 Å². The van der Waals surface area contributed by atoms with Gasteiger partial charge in [0.25, 0.3) is 0 Å². The Hall–Kier alpha value is -1.25. The normalized spacial score (nSPS) is 15.3. The van der Waals surface area contributed by atoms with Crippen molar-refractivity contribution in [3.05, 3.63) is 0 Å². The topological polar surface area (TPSA) is 44.1 Å². The van der Waals surface area contributed by atoms with Gasteiger partial charge in [0.05, 0.1) is 6.07 Å². The molecule has 3 nitrogen and oxygen atoms in total. The molecule has 0 aromatic carbocycles. The van der Waals surface area contributed by atoms with Gasteiger partial charge in [-0.1, -0.05) is 6.92 Å². The van der Waals surface area contributed by atoms with Crippen LogP contribution in [0.5, 0.6) is 0 Å². The number of hydrogen-bond donors (Lipinski definition) is 0. The molecule has 15 heavy (non-hydrogen) atoms. The number of nitriles is 1. The van der Waals surface area contributed by atoms with Gasteiger partial charge in [0, 0.05) is 7.05 Å². The summed E-state index contributed by atoms with van der Waals surface area (Å²) >= 11 is 0. The molecule has 0 aromatic heterocycles. The Labute approximate surface area is 86.5 Å². The minimum absolute atomic E-state index is 0.185. The summed E-state index contributed by atoms with van der Waals surface area (Å²) in [6.45, 7) is 1.59. The maximum Gasteiger partial charge on any atom is 0.406 e. The Morgan fingerprint density at radius 3 is 2.20 bits per heavy atom. The molecule has 0 aromatic rings. The van der Waals surface area contributed by atoms with E-state index in [-0.39, 0.29) is 6.42 Å². The van der Waals surface area contributed by atoms with E-state index in [0.29, 0.717) is 4.90 Å². The fourth-order valence-corrected chi connectivity index (χ4v) is 1.04. The number of nitrogens with zero attached hydrogens (tertiary/aromatic N) is 2. The van der Waals surface area contributed by atoms with E-state index < -0.39 is 24.0 Å². The number of amides is 1. The van der Waals surface area contributed by atoms with Gasteiger partial charge in [-0.2, -0.15) is 18.4 Å². The fraction of sp³-hybridized carbons (Fsp3) is 0.778. The summed E-state index contributed by atoms with van der Waals surface area (Å²) in [5.74, 6) is -0.801. The molecular formula is C9H13F3N2O. The first kappa shape index (κ1) is 13.8. The van der Waals surface area contributed by atoms with E-state index in [2.05, 4.69) is 0 Å². The molecule has 86 valence electrons. The van der Waals surface area contributed by atoms with Crippen molar-refractivity contribution in [2.45, 2.75) is 26.4 Å². The standard InChI is InChI=1S/C9H13F3N2O/c1-4-8(2,5-13)7(15)14(3)6-9(10,11)12/h4,6H2,1-3H3. The van der Waals surface area contributed by atoms with Crippen LogP contribution >= 0.6 is 0 Å². The summed E-state index contributed by atoms with van der Waals surface area (Å²) in [7, 11) is 1.04. The third-order valence-corrected chi connectivity index (χ3v) is 2.19. The summed E-state index contributed by atoms with van der Waals surface area (Å²) in [5.41, 5.74) is -1.38. The molecule has 0 aliphatic rings. The van der Waals surface area contributed by atoms with E-state index in [1.807, 2.05) is 0 Å². The van der Waals surface area contributed by atoms with Gasteiger partial charge in [-0.25, -0.2) is 0 Å². The largest absolute Gasteiger partial charge is 0.406 e. The lowest BCUT2D eigenvalue weighted by atomic mass is 9.88. The SMILES string of the molecule is CCC(C)(C#N)C(=O)N(C)CC(F)(F)F. The molecule has 1 atom stereocenters. The number of hydrogen-bond acceptors (Lipinski definition) is 2. The van der Waals surface area contributed by atoms with E-state index in [1.54, 1.807) is 13.0 Å². The molecule has 0 aliphatic carbocycles. The van der Waals surface area contributed by atoms with Crippen LogP contribution in [0.25, 0.3) is 0 Å². The van der Waals surface area contributed by atoms with E-state index >= 15 is 0 Å². The summed E-state index contributed by atoms with van der Waals surface area (Å²) in [6, 6.07) is 1.74. The van der Waals surface area contributed by atoms with Crippen LogP contribution in [0, 0.1) is 16.7 Å². The van der Waals surface area contributed by atoms with Gasteiger partial charge in [-0.15, -0.1) is 0 Å². The summed E-state index contributed by atoms with van der Waals surface area (Å²) in [5, 5.41) is 8.72. The van der Waals surface area contributed by atoms with E-state index in [0.717, 1.165) is 7.05 Å². The first-order chi connectivity index (χ1) is 6.66. The molecule has 0 N–H and O–H groups in total. The Balaban J connectivity index is 4.67. The molecule has 6 heteroatoms. The van der Waals surface area contributed by atoms with Crippen LogP contribution in [-0.2, 0) is 4.79 Å². The van der Waals surface area contributed by atoms with Crippen molar-refractivity contribution in [3.8, 4) is 6.07 Å². The molecule has 0 bridgehead atoms. The lowest BCUT2D eigenvalue weighted by Gasteiger charge is -2.26. The van der Waals surface area contributed by atoms with Gasteiger partial charge in [-0.3, -0.25) is 4.79 Å². The van der Waals surface area contributed by atoms with E-state index in [4.69, 9.17) is 5.26 Å². The van der Waals surface area contributed by atoms with Gasteiger partial charge in [0.15, 0.2) is 0 Å². The Kier molecular flexibility index (Phi) is 4.14. The van der Waals surface area contributed by atoms with Crippen molar-refractivity contribution < 1.29 is 18.0 Å². The summed E-state index contributed by atoms with van der Waals surface area (Å²) in [4.78, 5) is 12.0. The monoisotopic (exact) mass is 222 g/mol. The molecule has 1 amide bonds. The zero-order valence-electron chi connectivity index (χ0n) is 8.85. The smallest absolute Gasteiger partial charge is 0.335 e. The quantitative estimate of drug-likeness (QED) is 0.732. The maximum atomic E-state index is 12.0. The molecular weight excluding hydrogens is 209 g/mol. The molecule has 1 unspecified atom stereocenters. The lowest BCUT2D eigenvalue weighted by molar-refractivity contribution is -0.162. The second-order valence-corrected chi connectivity index (χ2v) is 3.57. The number of alkyl halides is 3. The predicted octanol–water partition coefficient (Wildman–Crippen LogP) is 1.95. The van der Waals surface area contributed by atoms with Gasteiger partial charge in [-0.05, 0) is 13.3 Å². The molecule has 0 saturated carbocycles. The number of halogens is 3. The van der Waals surface area contributed by atoms with Crippen LogP contribution in [0.2, 0.25) is 0 Å². The second-order valence-electron chi connectivity index (χ2n) is 3.57. The van der Waals surface area contributed by atoms with Crippen molar-refractivity contribution in [1.82, 2.24) is 4.90 Å². The highest BCUT2D eigenvalue weighted by Gasteiger charge is 2.38. The minimum atomic E-state index is -4.44. The highest BCUT2D eigenvalue weighted by Crippen LogP contribution is 2.24. The molecule has 0 radical (unpaired) electrons. The first-order valence-corrected chi connectivity index (χ1v) is 4.40. The molecule has 0 aliphatic heterocycles. The second kappa shape index (κ2) is 4.51. The number of carbonyl (C=O) groups excluding carboxylic acids is 1. The van der Waals surface area contributed by atoms with Crippen LogP contribution in [0.15, 0.2) is 0 Å². The summed E-state index contributed by atoms with van der Waals surface area (Å²) in [6.07, 6.45) is -4.25. The Bertz CT molecular complexity index is 282. The van der Waals surface area contributed by atoms with Gasteiger partial charge in [0.1, 0.15) is 12.0 Å². The predicted molar refractivity (Wildman–Crippen MR) is 47.7 cm³/mol. The van der Waals surface area contributed by atoms with Gasteiger partial charge < -0.3 is 4.90 Å². The van der Waals surface area contributed by atoms with Crippen LogP contribution < -0.4 is 0 Å². The van der Waals surface area contributed by atoms with Crippen LogP contribution in [-0.4, -0.2) is 30.6 Å². The Morgan fingerprint density at radius 2 is 1.93 bits per heavy atom. The van der Waals surface area contributed by atoms with Crippen LogP contribution in [0.3, 0.4) is 0 Å². The maximum absolute atomic E-state index is 12.0. The van der Waals surface area contributed by atoms with Gasteiger partial charge in [0.2, 0.25) is 5.91 Å². The van der Waals surface area contributed by atoms with Crippen LogP contribution in [0.1, 0.15) is 20.3 Å². The highest BCUT2D eigenvalue weighted by molar-refractivity contribution is 5.84. The molecule has 0 heterocycles. The third-order valence-electron chi connectivity index (χ3n) is 2.19. The first-order valence-electron chi connectivity index (χ1n) is 4.40. The molecule has 0 saturated heterocycles. The van der Waals surface area contributed by atoms with Crippen molar-refractivity contribution in [2.75, 3.05) is 13.6 Å². The number of carbonyl (C=O) groups is 1. The van der Waals surface area contributed by atoms with Crippen molar-refractivity contribution in [1.29, 1.82) is 5.26 Å². The van der Waals surface area contributed by atoms with E-state index in [1.165, 1.54) is 6.92 Å². The minimum Gasteiger partial charge on any atom is -0.335 e. The molecule has 0 rings (SSSR count). The van der Waals surface area contributed by atoms with Crippen molar-refractivity contribution in [2.24, 2.45) is 5.41 Å². The van der Waals surface area contributed by atoms with Crippen LogP contribution in [0.4, 0.5) is 13.2 Å².